The maximum atomic E-state index is 11.8. The molecule has 0 aliphatic rings. The van der Waals surface area contributed by atoms with E-state index in [9.17, 15) is 22.8 Å². The summed E-state index contributed by atoms with van der Waals surface area (Å²) in [6, 6.07) is -1.61. The number of halogens is 3. The topological polar surface area (TPSA) is 84.7 Å². The molecule has 94 valence electrons. The van der Waals surface area contributed by atoms with E-state index >= 15 is 0 Å². The van der Waals surface area contributed by atoms with Crippen LogP contribution in [-0.2, 0) is 4.74 Å². The maximum absolute atomic E-state index is 11.8. The minimum atomic E-state index is -4.91. The van der Waals surface area contributed by atoms with Gasteiger partial charge in [-0.3, -0.25) is 0 Å². The van der Waals surface area contributed by atoms with Crippen LogP contribution in [0.2, 0.25) is 0 Å². The summed E-state index contributed by atoms with van der Waals surface area (Å²) in [7, 11) is 0. The molecule has 0 aliphatic carbocycles. The molecule has 3 N–H and O–H groups in total. The Labute approximate surface area is 89.5 Å². The van der Waals surface area contributed by atoms with Crippen molar-refractivity contribution >= 4 is 12.1 Å². The summed E-state index contributed by atoms with van der Waals surface area (Å²) < 4.78 is 39.8. The number of nitrogens with zero attached hydrogens (tertiary/aromatic N) is 1. The molecule has 0 rings (SSSR count). The van der Waals surface area contributed by atoms with Gasteiger partial charge < -0.3 is 10.5 Å². The van der Waals surface area contributed by atoms with E-state index in [4.69, 9.17) is 5.73 Å². The van der Waals surface area contributed by atoms with Crippen LogP contribution in [0, 0.1) is 0 Å². The van der Waals surface area contributed by atoms with Gasteiger partial charge >= 0.3 is 18.4 Å². The van der Waals surface area contributed by atoms with Crippen LogP contribution in [0.25, 0.3) is 0 Å². The summed E-state index contributed by atoms with van der Waals surface area (Å²) in [4.78, 5) is 22.3. The third kappa shape index (κ3) is 5.39. The van der Waals surface area contributed by atoms with Gasteiger partial charge in [-0.25, -0.2) is 19.8 Å². The number of urea groups is 1. The van der Waals surface area contributed by atoms with Crippen molar-refractivity contribution in [2.24, 2.45) is 5.73 Å². The molecule has 3 amide bonds. The van der Waals surface area contributed by atoms with Crippen molar-refractivity contribution in [2.45, 2.75) is 13.2 Å². The number of nitrogens with two attached hydrogens (primary N) is 1. The fraction of sp³-hybridized carbons (Fsp3) is 0.714. The first-order valence-corrected chi connectivity index (χ1v) is 4.35. The Morgan fingerprint density at radius 3 is 2.38 bits per heavy atom. The Balaban J connectivity index is 4.52. The van der Waals surface area contributed by atoms with Gasteiger partial charge in [0.05, 0.1) is 6.61 Å². The molecule has 0 fully saturated rings. The van der Waals surface area contributed by atoms with Gasteiger partial charge in [0, 0.05) is 13.1 Å². The number of hydrogen-bond acceptors (Lipinski definition) is 4. The summed E-state index contributed by atoms with van der Waals surface area (Å²) in [6.45, 7) is 0.879. The van der Waals surface area contributed by atoms with Gasteiger partial charge in [0.2, 0.25) is 0 Å². The Bertz CT molecular complexity index is 257. The predicted molar refractivity (Wildman–Crippen MR) is 47.4 cm³/mol. The van der Waals surface area contributed by atoms with Gasteiger partial charge in [-0.2, -0.15) is 13.2 Å². The van der Waals surface area contributed by atoms with Gasteiger partial charge in [-0.05, 0) is 6.92 Å². The Kier molecular flexibility index (Phi) is 5.57. The number of alkyl halides is 3. The SMILES string of the molecule is CCOC(=O)N(CCN)C(=O)NC(F)(F)F. The van der Waals surface area contributed by atoms with Crippen molar-refractivity contribution in [3.05, 3.63) is 0 Å². The van der Waals surface area contributed by atoms with Gasteiger partial charge in [0.1, 0.15) is 0 Å². The monoisotopic (exact) mass is 243 g/mol. The third-order valence-corrected chi connectivity index (χ3v) is 1.33. The Morgan fingerprint density at radius 1 is 1.44 bits per heavy atom. The quantitative estimate of drug-likeness (QED) is 0.712. The van der Waals surface area contributed by atoms with E-state index in [1.54, 1.807) is 0 Å². The lowest BCUT2D eigenvalue weighted by atomic mass is 10.5. The summed E-state index contributed by atoms with van der Waals surface area (Å²) >= 11 is 0. The van der Waals surface area contributed by atoms with Crippen molar-refractivity contribution in [3.8, 4) is 0 Å². The molecule has 6 nitrogen and oxygen atoms in total. The van der Waals surface area contributed by atoms with E-state index in [-0.39, 0.29) is 24.6 Å². The molecule has 0 aliphatic heterocycles. The van der Waals surface area contributed by atoms with Crippen molar-refractivity contribution in [1.82, 2.24) is 10.2 Å². The number of ether oxygens (including phenoxy) is 1. The van der Waals surface area contributed by atoms with Gasteiger partial charge in [0.25, 0.3) is 0 Å². The van der Waals surface area contributed by atoms with Crippen molar-refractivity contribution in [1.29, 1.82) is 0 Å². The Hall–Kier alpha value is -1.51. The molecule has 9 heteroatoms. The van der Waals surface area contributed by atoms with Crippen molar-refractivity contribution in [3.63, 3.8) is 0 Å². The highest BCUT2D eigenvalue weighted by Gasteiger charge is 2.34. The number of carbonyl (C=O) groups excluding carboxylic acids is 2. The normalized spacial score (nSPS) is 10.8. The zero-order valence-electron chi connectivity index (χ0n) is 8.50. The number of carbonyl (C=O) groups is 2. The second-order valence-electron chi connectivity index (χ2n) is 2.57. The lowest BCUT2D eigenvalue weighted by molar-refractivity contribution is -0.147. The Morgan fingerprint density at radius 2 is 2.00 bits per heavy atom. The molecule has 0 bridgehead atoms. The average Bonchev–Trinajstić information content (AvgIpc) is 2.11. The first-order chi connectivity index (χ1) is 7.31. The number of amides is 3. The highest BCUT2D eigenvalue weighted by atomic mass is 19.4. The number of hydrogen-bond donors (Lipinski definition) is 2. The predicted octanol–water partition coefficient (Wildman–Crippen LogP) is 0.633. The molecule has 0 saturated carbocycles. The van der Waals surface area contributed by atoms with Crippen LogP contribution < -0.4 is 11.1 Å². The second kappa shape index (κ2) is 6.16. The van der Waals surface area contributed by atoms with Crippen LogP contribution in [0.1, 0.15) is 6.92 Å². The first-order valence-electron chi connectivity index (χ1n) is 4.35. The van der Waals surface area contributed by atoms with E-state index in [0.29, 0.717) is 5.32 Å². The minimum Gasteiger partial charge on any atom is -0.449 e. The van der Waals surface area contributed by atoms with E-state index < -0.39 is 18.4 Å². The lowest BCUT2D eigenvalue weighted by Crippen LogP contribution is -2.50. The van der Waals surface area contributed by atoms with Crippen LogP contribution in [-0.4, -0.2) is 43.0 Å². The van der Waals surface area contributed by atoms with Crippen LogP contribution >= 0.6 is 0 Å². The van der Waals surface area contributed by atoms with Crippen LogP contribution in [0.3, 0.4) is 0 Å². The van der Waals surface area contributed by atoms with E-state index in [1.165, 1.54) is 6.92 Å². The second-order valence-corrected chi connectivity index (χ2v) is 2.57. The lowest BCUT2D eigenvalue weighted by Gasteiger charge is -2.20. The molecule has 0 spiro atoms. The molecular formula is C7H12F3N3O3. The molecule has 0 unspecified atom stereocenters. The fourth-order valence-corrected chi connectivity index (χ4v) is 0.795. The zero-order chi connectivity index (χ0) is 12.8. The van der Waals surface area contributed by atoms with Crippen molar-refractivity contribution in [2.75, 3.05) is 19.7 Å². The average molecular weight is 243 g/mol. The molecule has 0 heterocycles. The molecule has 0 saturated heterocycles. The third-order valence-electron chi connectivity index (χ3n) is 1.33. The summed E-state index contributed by atoms with van der Waals surface area (Å²) in [5.41, 5.74) is 5.05. The minimum absolute atomic E-state index is 0.0563. The molecule has 0 radical (unpaired) electrons. The van der Waals surface area contributed by atoms with Crippen molar-refractivity contribution < 1.29 is 27.5 Å². The molecule has 0 aromatic carbocycles. The molecule has 0 aromatic heterocycles. The number of imide groups is 1. The first kappa shape index (κ1) is 14.5. The van der Waals surface area contributed by atoms with E-state index in [1.807, 2.05) is 0 Å². The van der Waals surface area contributed by atoms with Gasteiger partial charge in [0.15, 0.2) is 0 Å². The van der Waals surface area contributed by atoms with Crippen LogP contribution in [0.4, 0.5) is 22.8 Å². The van der Waals surface area contributed by atoms with Crippen LogP contribution in [0.15, 0.2) is 0 Å². The molecule has 0 aromatic rings. The van der Waals surface area contributed by atoms with Crippen LogP contribution in [0.5, 0.6) is 0 Å². The van der Waals surface area contributed by atoms with E-state index in [0.717, 1.165) is 0 Å². The summed E-state index contributed by atoms with van der Waals surface area (Å²) in [5.74, 6) is 0. The smallest absolute Gasteiger partial charge is 0.449 e. The van der Waals surface area contributed by atoms with E-state index in [2.05, 4.69) is 4.74 Å². The summed E-state index contributed by atoms with van der Waals surface area (Å²) in [6.07, 6.45) is -6.08. The van der Waals surface area contributed by atoms with Gasteiger partial charge in [-0.15, -0.1) is 0 Å². The molecule has 0 atom stereocenters. The fourth-order valence-electron chi connectivity index (χ4n) is 0.795. The largest absolute Gasteiger partial charge is 0.485 e. The number of rotatable bonds is 3. The summed E-state index contributed by atoms with van der Waals surface area (Å²) in [5, 5.41) is 0.674. The highest BCUT2D eigenvalue weighted by Crippen LogP contribution is 2.10. The number of nitrogens with one attached hydrogen (secondary N) is 1. The van der Waals surface area contributed by atoms with Gasteiger partial charge in [-0.1, -0.05) is 0 Å². The highest BCUT2D eigenvalue weighted by molar-refractivity contribution is 5.91. The maximum Gasteiger partial charge on any atom is 0.485 e. The standard InChI is InChI=1S/C7H12F3N3O3/c1-2-16-6(15)13(4-3-11)5(14)12-7(8,9)10/h2-4,11H2,1H3,(H,12,14). The zero-order valence-corrected chi connectivity index (χ0v) is 8.50. The molecule has 16 heavy (non-hydrogen) atoms. The molecular weight excluding hydrogens is 231 g/mol.